The van der Waals surface area contributed by atoms with E-state index in [0.717, 1.165) is 51.0 Å². The van der Waals surface area contributed by atoms with Gasteiger partial charge in [-0.25, -0.2) is 4.79 Å². The summed E-state index contributed by atoms with van der Waals surface area (Å²) < 4.78 is 24.4. The molecule has 6 atom stereocenters. The van der Waals surface area contributed by atoms with Gasteiger partial charge in [-0.2, -0.15) is 0 Å². The molecule has 1 spiro atoms. The number of hydrogen-bond acceptors (Lipinski definition) is 6. The molecule has 0 unspecified atom stereocenters. The lowest BCUT2D eigenvalue weighted by molar-refractivity contribution is -0.124. The van der Waals surface area contributed by atoms with Crippen LogP contribution in [-0.2, 0) is 18.9 Å². The molecule has 1 amide bonds. The number of carbonyl (C=O) groups excluding carboxylic acids is 1. The zero-order valence-electron chi connectivity index (χ0n) is 22.0. The van der Waals surface area contributed by atoms with Crippen molar-refractivity contribution in [1.29, 1.82) is 0 Å². The second kappa shape index (κ2) is 9.00. The van der Waals surface area contributed by atoms with E-state index in [4.69, 9.17) is 18.9 Å². The summed E-state index contributed by atoms with van der Waals surface area (Å²) >= 11 is 0. The summed E-state index contributed by atoms with van der Waals surface area (Å²) in [5.41, 5.74) is 0.819. The first kappa shape index (κ1) is 24.2. The van der Waals surface area contributed by atoms with E-state index in [-0.39, 0.29) is 41.5 Å². The van der Waals surface area contributed by atoms with E-state index in [1.165, 1.54) is 44.2 Å². The highest BCUT2D eigenvalue weighted by Gasteiger charge is 2.72. The number of fused-ring (bicyclic) bond motifs is 2. The van der Waals surface area contributed by atoms with Gasteiger partial charge in [0.2, 0.25) is 0 Å². The predicted octanol–water partition coefficient (Wildman–Crippen LogP) is 4.15. The molecule has 5 heterocycles. The van der Waals surface area contributed by atoms with Crippen LogP contribution in [0.5, 0.6) is 0 Å². The van der Waals surface area contributed by atoms with Crippen molar-refractivity contribution in [2.24, 2.45) is 11.8 Å². The number of epoxide rings is 2. The molecule has 7 heteroatoms. The largest absolute Gasteiger partial charge is 0.443 e. The fraction of sp³-hybridized carbons (Fsp3) is 0.893. The number of rotatable bonds is 8. The molecule has 5 saturated heterocycles. The Hall–Kier alpha value is -1.15. The molecule has 6 fully saturated rings. The van der Waals surface area contributed by atoms with Crippen LogP contribution in [0.2, 0.25) is 0 Å². The lowest BCUT2D eigenvalue weighted by Crippen LogP contribution is -2.57. The van der Waals surface area contributed by atoms with Crippen molar-refractivity contribution in [2.45, 2.75) is 114 Å². The van der Waals surface area contributed by atoms with Crippen LogP contribution in [0.15, 0.2) is 11.6 Å². The lowest BCUT2D eigenvalue weighted by atomic mass is 9.68. The Labute approximate surface area is 210 Å². The van der Waals surface area contributed by atoms with Gasteiger partial charge in [-0.15, -0.1) is 0 Å². The summed E-state index contributed by atoms with van der Waals surface area (Å²) in [6, 6.07) is 1.67. The standard InChI is InChI=1S/C28H44N2O5/c1-18(2)5-10-23-27(3,35-23)25-24(32-4)22(11-13-28(25)17-33-28)34-26(31)29-15-19(16-29)12-14-30-20-6-7-21(30)9-8-20/h5,19-25H,6-17H2,1-4H3/t20-,21-,22-,23-,24-,25-,27+,28+/m1/s1. The van der Waals surface area contributed by atoms with Gasteiger partial charge in [0, 0.05) is 32.3 Å². The molecule has 1 aliphatic carbocycles. The highest BCUT2D eigenvalue weighted by Crippen LogP contribution is 2.59. The lowest BCUT2D eigenvalue weighted by Gasteiger charge is -2.44. The van der Waals surface area contributed by atoms with Crippen LogP contribution >= 0.6 is 0 Å². The number of carbonyl (C=O) groups is 1. The molecule has 0 aromatic carbocycles. The van der Waals surface area contributed by atoms with E-state index in [1.54, 1.807) is 7.11 Å². The average Bonchev–Trinajstić information content (AvgIpc) is 3.64. The fourth-order valence-corrected chi connectivity index (χ4v) is 7.89. The van der Waals surface area contributed by atoms with Crippen molar-refractivity contribution in [3.05, 3.63) is 11.6 Å². The first-order valence-electron chi connectivity index (χ1n) is 14.0. The number of methoxy groups -OCH3 is 1. The highest BCUT2D eigenvalue weighted by molar-refractivity contribution is 5.69. The summed E-state index contributed by atoms with van der Waals surface area (Å²) in [6.45, 7) is 10.0. The number of ether oxygens (including phenoxy) is 4. The normalized spacial score (nSPS) is 44.4. The van der Waals surface area contributed by atoms with Crippen LogP contribution < -0.4 is 0 Å². The maximum atomic E-state index is 13.0. The molecule has 5 aliphatic heterocycles. The van der Waals surface area contributed by atoms with Crippen molar-refractivity contribution in [1.82, 2.24) is 9.80 Å². The van der Waals surface area contributed by atoms with E-state index < -0.39 is 0 Å². The third kappa shape index (κ3) is 4.34. The Bertz CT molecular complexity index is 828. The Morgan fingerprint density at radius 2 is 1.80 bits per heavy atom. The molecule has 6 rings (SSSR count). The van der Waals surface area contributed by atoms with Crippen molar-refractivity contribution < 1.29 is 23.7 Å². The van der Waals surface area contributed by atoms with E-state index >= 15 is 0 Å². The van der Waals surface area contributed by atoms with Crippen molar-refractivity contribution >= 4 is 6.09 Å². The van der Waals surface area contributed by atoms with Crippen molar-refractivity contribution in [3.63, 3.8) is 0 Å². The minimum Gasteiger partial charge on any atom is -0.443 e. The zero-order valence-corrected chi connectivity index (χ0v) is 22.0. The van der Waals surface area contributed by atoms with Crippen LogP contribution in [-0.4, -0.2) is 90.8 Å². The maximum Gasteiger partial charge on any atom is 0.410 e. The molecule has 35 heavy (non-hydrogen) atoms. The number of nitrogens with zero attached hydrogens (tertiary/aromatic N) is 2. The van der Waals surface area contributed by atoms with E-state index in [1.807, 2.05) is 4.90 Å². The maximum absolute atomic E-state index is 13.0. The van der Waals surface area contributed by atoms with Crippen LogP contribution in [0.4, 0.5) is 4.79 Å². The molecule has 2 bridgehead atoms. The Morgan fingerprint density at radius 3 is 2.40 bits per heavy atom. The van der Waals surface area contributed by atoms with E-state index in [2.05, 4.69) is 31.7 Å². The summed E-state index contributed by atoms with van der Waals surface area (Å²) in [5, 5.41) is 0. The number of hydrogen-bond donors (Lipinski definition) is 0. The molecular formula is C28H44N2O5. The molecule has 0 N–H and O–H groups in total. The Morgan fingerprint density at radius 1 is 1.11 bits per heavy atom. The molecule has 0 aromatic heterocycles. The molecule has 196 valence electrons. The summed E-state index contributed by atoms with van der Waals surface area (Å²) in [7, 11) is 1.74. The number of amides is 1. The quantitative estimate of drug-likeness (QED) is 0.378. The molecule has 0 aromatic rings. The zero-order chi connectivity index (χ0) is 24.4. The Balaban J connectivity index is 1.02. The highest BCUT2D eigenvalue weighted by atomic mass is 16.6. The van der Waals surface area contributed by atoms with Gasteiger partial charge in [-0.3, -0.25) is 4.90 Å². The molecule has 6 aliphatic rings. The van der Waals surface area contributed by atoms with Gasteiger partial charge in [-0.1, -0.05) is 11.6 Å². The first-order chi connectivity index (χ1) is 16.8. The predicted molar refractivity (Wildman–Crippen MR) is 132 cm³/mol. The third-order valence-corrected chi connectivity index (χ3v) is 10.1. The van der Waals surface area contributed by atoms with E-state index in [0.29, 0.717) is 5.92 Å². The van der Waals surface area contributed by atoms with Gasteiger partial charge in [0.25, 0.3) is 0 Å². The monoisotopic (exact) mass is 488 g/mol. The van der Waals surface area contributed by atoms with Crippen molar-refractivity contribution in [2.75, 3.05) is 33.4 Å². The van der Waals surface area contributed by atoms with Crippen LogP contribution in [0.25, 0.3) is 0 Å². The van der Waals surface area contributed by atoms with Gasteiger partial charge >= 0.3 is 6.09 Å². The molecule has 7 nitrogen and oxygen atoms in total. The second-order valence-corrected chi connectivity index (χ2v) is 12.6. The number of allylic oxidation sites excluding steroid dienone is 1. The van der Waals surface area contributed by atoms with Gasteiger partial charge in [-0.05, 0) is 84.6 Å². The SMILES string of the molecule is CO[C@@H]1[C@H](OC(=O)N2CC(CCN3[C@H]4CC[C@H]3CC4)C2)CC[C@]2(CO2)[C@H]1[C@@]1(C)O[C@@H]1CC=C(C)C. The van der Waals surface area contributed by atoms with Crippen LogP contribution in [0.3, 0.4) is 0 Å². The Kier molecular flexibility index (Phi) is 6.22. The van der Waals surface area contributed by atoms with Gasteiger partial charge in [0.05, 0.1) is 18.6 Å². The summed E-state index contributed by atoms with van der Waals surface area (Å²) in [5.74, 6) is 0.680. The topological polar surface area (TPSA) is 67.1 Å². The van der Waals surface area contributed by atoms with Gasteiger partial charge in [0.15, 0.2) is 0 Å². The molecular weight excluding hydrogens is 444 g/mol. The average molecular weight is 489 g/mol. The van der Waals surface area contributed by atoms with Crippen molar-refractivity contribution in [3.8, 4) is 0 Å². The summed E-state index contributed by atoms with van der Waals surface area (Å²) in [4.78, 5) is 17.7. The molecule has 1 saturated carbocycles. The molecule has 0 radical (unpaired) electrons. The fourth-order valence-electron chi connectivity index (χ4n) is 7.89. The first-order valence-corrected chi connectivity index (χ1v) is 14.0. The van der Waals surface area contributed by atoms with Crippen LogP contribution in [0, 0.1) is 11.8 Å². The smallest absolute Gasteiger partial charge is 0.410 e. The van der Waals surface area contributed by atoms with Crippen LogP contribution in [0.1, 0.15) is 72.1 Å². The second-order valence-electron chi connectivity index (χ2n) is 12.6. The van der Waals surface area contributed by atoms with E-state index in [9.17, 15) is 4.79 Å². The summed E-state index contributed by atoms with van der Waals surface area (Å²) in [6.07, 6.45) is 11.1. The van der Waals surface area contributed by atoms with Gasteiger partial charge < -0.3 is 23.8 Å². The van der Waals surface area contributed by atoms with Gasteiger partial charge in [0.1, 0.15) is 23.4 Å². The minimum atomic E-state index is -0.301. The minimum absolute atomic E-state index is 0.0714. The number of likely N-dealkylation sites (tertiary alicyclic amines) is 1. The third-order valence-electron chi connectivity index (χ3n) is 10.1.